The van der Waals surface area contributed by atoms with Crippen molar-refractivity contribution < 1.29 is 14.4 Å². The Kier molecular flexibility index (Phi) is 4.42. The van der Waals surface area contributed by atoms with Crippen molar-refractivity contribution in [1.29, 1.82) is 0 Å². The summed E-state index contributed by atoms with van der Waals surface area (Å²) < 4.78 is 0. The summed E-state index contributed by atoms with van der Waals surface area (Å²) in [5.41, 5.74) is -0.369. The second kappa shape index (κ2) is 5.91. The highest BCUT2D eigenvalue weighted by Crippen LogP contribution is 2.33. The number of nitrogens with zero attached hydrogens (tertiary/aromatic N) is 1. The predicted octanol–water partition coefficient (Wildman–Crippen LogP) is 0.0298. The molecule has 2 saturated heterocycles. The Hall–Kier alpha value is -1.43. The molecule has 0 saturated carbocycles. The Morgan fingerprint density at radius 2 is 2.05 bits per heavy atom. The van der Waals surface area contributed by atoms with Gasteiger partial charge in [-0.05, 0) is 38.8 Å². The van der Waals surface area contributed by atoms with E-state index in [0.717, 1.165) is 37.3 Å². The molecule has 0 bridgehead atoms. The Morgan fingerprint density at radius 3 is 2.65 bits per heavy atom. The normalized spacial score (nSPS) is 26.5. The van der Waals surface area contributed by atoms with E-state index in [4.69, 9.17) is 0 Å². The summed E-state index contributed by atoms with van der Waals surface area (Å²) in [4.78, 5) is 37.1. The van der Waals surface area contributed by atoms with Gasteiger partial charge in [0.25, 0.3) is 5.91 Å². The number of carbonyl (C=O) groups excluding carboxylic acids is 3. The lowest BCUT2D eigenvalue weighted by molar-refractivity contribution is -0.150. The number of likely N-dealkylation sites (N-methyl/N-ethyl adjacent to an activating group) is 1. The lowest BCUT2D eigenvalue weighted by atomic mass is 9.75. The van der Waals surface area contributed by atoms with Crippen molar-refractivity contribution in [2.75, 3.05) is 20.1 Å². The molecule has 2 rings (SSSR count). The summed E-state index contributed by atoms with van der Waals surface area (Å²) in [5.74, 6) is -0.509. The second-order valence-corrected chi connectivity index (χ2v) is 5.74. The molecule has 2 fully saturated rings. The standard InChI is InChI=1S/C14H23N3O3/c1-3-14(6-8-15-9-7-14)13(20)16-10-4-5-11(18)17(2)12(10)19/h10,15H,3-9H2,1-2H3,(H,16,20). The number of likely N-dealkylation sites (tertiary alicyclic amines) is 1. The molecule has 2 aliphatic heterocycles. The van der Waals surface area contributed by atoms with Gasteiger partial charge >= 0.3 is 0 Å². The topological polar surface area (TPSA) is 78.5 Å². The summed E-state index contributed by atoms with van der Waals surface area (Å²) >= 11 is 0. The van der Waals surface area contributed by atoms with Gasteiger partial charge in [-0.15, -0.1) is 0 Å². The van der Waals surface area contributed by atoms with Crippen LogP contribution >= 0.6 is 0 Å². The fourth-order valence-corrected chi connectivity index (χ4v) is 3.01. The third-order valence-electron chi connectivity index (χ3n) is 4.67. The molecule has 6 heteroatoms. The molecule has 2 heterocycles. The number of imide groups is 1. The van der Waals surface area contributed by atoms with Gasteiger partial charge in [-0.1, -0.05) is 6.92 Å². The molecular weight excluding hydrogens is 258 g/mol. The molecule has 0 aromatic carbocycles. The number of hydrogen-bond donors (Lipinski definition) is 2. The monoisotopic (exact) mass is 281 g/mol. The van der Waals surface area contributed by atoms with Gasteiger partial charge in [-0.2, -0.15) is 0 Å². The van der Waals surface area contributed by atoms with Crippen molar-refractivity contribution in [2.45, 2.75) is 45.1 Å². The molecule has 0 aliphatic carbocycles. The minimum atomic E-state index is -0.552. The van der Waals surface area contributed by atoms with Crippen LogP contribution in [0.3, 0.4) is 0 Å². The van der Waals surface area contributed by atoms with Crippen molar-refractivity contribution in [3.05, 3.63) is 0 Å². The Balaban J connectivity index is 2.03. The summed E-state index contributed by atoms with van der Waals surface area (Å²) in [6.45, 7) is 3.68. The molecule has 0 spiro atoms. The highest BCUT2D eigenvalue weighted by atomic mass is 16.2. The lowest BCUT2D eigenvalue weighted by Crippen LogP contribution is -2.57. The van der Waals surface area contributed by atoms with Crippen LogP contribution in [-0.2, 0) is 14.4 Å². The smallest absolute Gasteiger partial charge is 0.251 e. The van der Waals surface area contributed by atoms with Crippen LogP contribution < -0.4 is 10.6 Å². The zero-order valence-corrected chi connectivity index (χ0v) is 12.2. The van der Waals surface area contributed by atoms with Crippen LogP contribution in [0.15, 0.2) is 0 Å². The predicted molar refractivity (Wildman–Crippen MR) is 73.8 cm³/mol. The van der Waals surface area contributed by atoms with Crippen LogP contribution in [0.2, 0.25) is 0 Å². The van der Waals surface area contributed by atoms with Crippen LogP contribution in [-0.4, -0.2) is 48.8 Å². The van der Waals surface area contributed by atoms with Crippen LogP contribution in [0.4, 0.5) is 0 Å². The molecule has 112 valence electrons. The molecule has 3 amide bonds. The number of carbonyl (C=O) groups is 3. The Bertz CT molecular complexity index is 416. The minimum absolute atomic E-state index is 0.0393. The first-order valence-electron chi connectivity index (χ1n) is 7.32. The van der Waals surface area contributed by atoms with Gasteiger partial charge in [0, 0.05) is 13.5 Å². The minimum Gasteiger partial charge on any atom is -0.344 e. The van der Waals surface area contributed by atoms with Gasteiger partial charge in [0.2, 0.25) is 11.8 Å². The third-order valence-corrected chi connectivity index (χ3v) is 4.67. The summed E-state index contributed by atoms with van der Waals surface area (Å²) in [7, 11) is 1.48. The maximum atomic E-state index is 12.6. The van der Waals surface area contributed by atoms with Gasteiger partial charge in [-0.3, -0.25) is 19.3 Å². The molecular formula is C14H23N3O3. The van der Waals surface area contributed by atoms with Crippen LogP contribution in [0.5, 0.6) is 0 Å². The van der Waals surface area contributed by atoms with E-state index < -0.39 is 6.04 Å². The van der Waals surface area contributed by atoms with Crippen molar-refractivity contribution in [2.24, 2.45) is 5.41 Å². The first-order chi connectivity index (χ1) is 9.50. The fraction of sp³-hybridized carbons (Fsp3) is 0.786. The van der Waals surface area contributed by atoms with Crippen molar-refractivity contribution in [3.8, 4) is 0 Å². The van der Waals surface area contributed by atoms with Gasteiger partial charge in [0.15, 0.2) is 0 Å². The van der Waals surface area contributed by atoms with E-state index in [9.17, 15) is 14.4 Å². The summed E-state index contributed by atoms with van der Waals surface area (Å²) in [6, 6.07) is -0.552. The molecule has 0 aromatic heterocycles. The maximum Gasteiger partial charge on any atom is 0.251 e. The average molecular weight is 281 g/mol. The molecule has 20 heavy (non-hydrogen) atoms. The van der Waals surface area contributed by atoms with Crippen LogP contribution in [0, 0.1) is 5.41 Å². The zero-order chi connectivity index (χ0) is 14.8. The number of hydrogen-bond acceptors (Lipinski definition) is 4. The van der Waals surface area contributed by atoms with Crippen molar-refractivity contribution in [1.82, 2.24) is 15.5 Å². The van der Waals surface area contributed by atoms with Gasteiger partial charge in [-0.25, -0.2) is 0 Å². The Morgan fingerprint density at radius 1 is 1.40 bits per heavy atom. The number of nitrogens with one attached hydrogen (secondary N) is 2. The molecule has 1 atom stereocenters. The SMILES string of the molecule is CCC1(C(=O)NC2CCC(=O)N(C)C2=O)CCNCC1. The molecule has 0 radical (unpaired) electrons. The van der Waals surface area contributed by atoms with E-state index in [1.165, 1.54) is 7.05 Å². The van der Waals surface area contributed by atoms with Crippen molar-refractivity contribution in [3.63, 3.8) is 0 Å². The van der Waals surface area contributed by atoms with E-state index >= 15 is 0 Å². The molecule has 0 aromatic rings. The first-order valence-corrected chi connectivity index (χ1v) is 7.32. The zero-order valence-electron chi connectivity index (χ0n) is 12.2. The van der Waals surface area contributed by atoms with E-state index in [0.29, 0.717) is 12.8 Å². The van der Waals surface area contributed by atoms with Gasteiger partial charge in [0.05, 0.1) is 5.41 Å². The van der Waals surface area contributed by atoms with E-state index in [-0.39, 0.29) is 23.1 Å². The molecule has 6 nitrogen and oxygen atoms in total. The number of piperidine rings is 2. The summed E-state index contributed by atoms with van der Waals surface area (Å²) in [6.07, 6.45) is 3.09. The van der Waals surface area contributed by atoms with Gasteiger partial charge in [0.1, 0.15) is 6.04 Å². The average Bonchev–Trinajstić information content (AvgIpc) is 2.48. The second-order valence-electron chi connectivity index (χ2n) is 5.74. The van der Waals surface area contributed by atoms with Gasteiger partial charge < -0.3 is 10.6 Å². The van der Waals surface area contributed by atoms with E-state index in [1.807, 2.05) is 6.92 Å². The number of amides is 3. The molecule has 1 unspecified atom stereocenters. The third kappa shape index (κ3) is 2.70. The van der Waals surface area contributed by atoms with Crippen molar-refractivity contribution >= 4 is 17.7 Å². The number of rotatable bonds is 3. The largest absolute Gasteiger partial charge is 0.344 e. The molecule has 2 N–H and O–H groups in total. The lowest BCUT2D eigenvalue weighted by Gasteiger charge is -2.37. The summed E-state index contributed by atoms with van der Waals surface area (Å²) in [5, 5.41) is 6.13. The fourth-order valence-electron chi connectivity index (χ4n) is 3.01. The first kappa shape index (κ1) is 15.0. The van der Waals surface area contributed by atoms with Crippen LogP contribution in [0.25, 0.3) is 0 Å². The maximum absolute atomic E-state index is 12.6. The Labute approximate surface area is 119 Å². The quantitative estimate of drug-likeness (QED) is 0.715. The molecule has 2 aliphatic rings. The highest BCUT2D eigenvalue weighted by molar-refractivity contribution is 6.01. The van der Waals surface area contributed by atoms with Crippen LogP contribution in [0.1, 0.15) is 39.0 Å². The van der Waals surface area contributed by atoms with E-state index in [1.54, 1.807) is 0 Å². The van der Waals surface area contributed by atoms with E-state index in [2.05, 4.69) is 10.6 Å². The highest BCUT2D eigenvalue weighted by Gasteiger charge is 2.41.